The fourth-order valence-corrected chi connectivity index (χ4v) is 3.46. The molecule has 1 N–H and O–H groups in total. The van der Waals surface area contributed by atoms with Crippen LogP contribution in [-0.4, -0.2) is 12.1 Å². The van der Waals surface area contributed by atoms with Gasteiger partial charge in [-0.05, 0) is 31.9 Å². The van der Waals surface area contributed by atoms with E-state index in [0.717, 1.165) is 31.6 Å². The van der Waals surface area contributed by atoms with Gasteiger partial charge in [0.25, 0.3) is 0 Å². The van der Waals surface area contributed by atoms with E-state index < -0.39 is 0 Å². The van der Waals surface area contributed by atoms with Crippen molar-refractivity contribution < 1.29 is 4.74 Å². The molecular weight excluding hydrogens is 246 g/mol. The van der Waals surface area contributed by atoms with Crippen LogP contribution in [0.2, 0.25) is 0 Å². The first kappa shape index (κ1) is 15.4. The van der Waals surface area contributed by atoms with Crippen molar-refractivity contribution >= 4 is 0 Å². The molecule has 112 valence electrons. The normalized spacial score (nSPS) is 20.2. The van der Waals surface area contributed by atoms with Gasteiger partial charge in [0.05, 0.1) is 0 Å². The van der Waals surface area contributed by atoms with Gasteiger partial charge in [-0.3, -0.25) is 0 Å². The van der Waals surface area contributed by atoms with E-state index in [0.29, 0.717) is 6.04 Å². The van der Waals surface area contributed by atoms with Gasteiger partial charge in [-0.2, -0.15) is 0 Å². The van der Waals surface area contributed by atoms with Crippen LogP contribution in [0, 0.1) is 0 Å². The minimum absolute atomic E-state index is 0.0310. The highest BCUT2D eigenvalue weighted by Gasteiger charge is 2.39. The van der Waals surface area contributed by atoms with E-state index in [2.05, 4.69) is 50.4 Å². The van der Waals surface area contributed by atoms with Crippen LogP contribution in [0.1, 0.15) is 70.9 Å². The summed E-state index contributed by atoms with van der Waals surface area (Å²) < 4.78 is 6.47. The van der Waals surface area contributed by atoms with E-state index in [9.17, 15) is 0 Å². The number of ether oxygens (including phenoxy) is 1. The summed E-state index contributed by atoms with van der Waals surface area (Å²) in [5.41, 5.74) is 1.37. The van der Waals surface area contributed by atoms with Crippen molar-refractivity contribution in [2.45, 2.75) is 70.9 Å². The van der Waals surface area contributed by atoms with Crippen LogP contribution < -0.4 is 10.1 Å². The first-order valence-electron chi connectivity index (χ1n) is 8.26. The lowest BCUT2D eigenvalue weighted by molar-refractivity contribution is 0.0129. The van der Waals surface area contributed by atoms with Crippen molar-refractivity contribution in [1.82, 2.24) is 5.32 Å². The molecule has 1 heterocycles. The Balaban J connectivity index is 2.27. The van der Waals surface area contributed by atoms with Crippen LogP contribution in [0.3, 0.4) is 0 Å². The molecular formula is C18H29NO. The van der Waals surface area contributed by atoms with E-state index in [-0.39, 0.29) is 5.60 Å². The smallest absolute Gasteiger partial charge is 0.124 e. The van der Waals surface area contributed by atoms with Crippen molar-refractivity contribution in [3.05, 3.63) is 29.8 Å². The number of fused-ring (bicyclic) bond motifs is 1. The molecule has 20 heavy (non-hydrogen) atoms. The van der Waals surface area contributed by atoms with E-state index in [1.807, 2.05) is 0 Å². The maximum Gasteiger partial charge on any atom is 0.124 e. The van der Waals surface area contributed by atoms with Crippen LogP contribution in [0.4, 0.5) is 0 Å². The Morgan fingerprint density at radius 2 is 1.80 bits per heavy atom. The van der Waals surface area contributed by atoms with Crippen LogP contribution in [0.25, 0.3) is 0 Å². The highest BCUT2D eigenvalue weighted by Crippen LogP contribution is 2.43. The zero-order valence-corrected chi connectivity index (χ0v) is 13.2. The molecule has 0 amide bonds. The summed E-state index contributed by atoms with van der Waals surface area (Å²) in [4.78, 5) is 0. The van der Waals surface area contributed by atoms with Gasteiger partial charge in [0.15, 0.2) is 0 Å². The number of hydrogen-bond acceptors (Lipinski definition) is 2. The molecule has 0 saturated heterocycles. The van der Waals surface area contributed by atoms with E-state index in [4.69, 9.17) is 4.74 Å². The number of benzene rings is 1. The maximum absolute atomic E-state index is 6.47. The fourth-order valence-electron chi connectivity index (χ4n) is 3.46. The van der Waals surface area contributed by atoms with E-state index >= 15 is 0 Å². The Kier molecular flexibility index (Phi) is 5.47. The summed E-state index contributed by atoms with van der Waals surface area (Å²) in [6, 6.07) is 9.00. The molecule has 0 saturated carbocycles. The van der Waals surface area contributed by atoms with Crippen molar-refractivity contribution in [2.24, 2.45) is 0 Å². The molecule has 2 rings (SSSR count). The first-order chi connectivity index (χ1) is 9.74. The first-order valence-corrected chi connectivity index (χ1v) is 8.26. The van der Waals surface area contributed by atoms with Gasteiger partial charge in [-0.15, -0.1) is 0 Å². The monoisotopic (exact) mass is 275 g/mol. The second-order valence-corrected chi connectivity index (χ2v) is 6.03. The van der Waals surface area contributed by atoms with Gasteiger partial charge in [0.1, 0.15) is 11.4 Å². The molecule has 0 radical (unpaired) electrons. The van der Waals surface area contributed by atoms with Crippen molar-refractivity contribution in [3.63, 3.8) is 0 Å². The molecule has 0 aromatic heterocycles. The molecule has 1 aliphatic rings. The summed E-state index contributed by atoms with van der Waals surface area (Å²) >= 11 is 0. The molecule has 1 aromatic carbocycles. The summed E-state index contributed by atoms with van der Waals surface area (Å²) in [6.07, 6.45) is 6.95. The zero-order valence-electron chi connectivity index (χ0n) is 13.2. The van der Waals surface area contributed by atoms with E-state index in [1.54, 1.807) is 0 Å². The van der Waals surface area contributed by atoms with Gasteiger partial charge in [-0.25, -0.2) is 0 Å². The minimum Gasteiger partial charge on any atom is -0.487 e. The van der Waals surface area contributed by atoms with Gasteiger partial charge < -0.3 is 10.1 Å². The number of hydrogen-bond donors (Lipinski definition) is 1. The lowest BCUT2D eigenvalue weighted by atomic mass is 9.81. The highest BCUT2D eigenvalue weighted by atomic mass is 16.5. The quantitative estimate of drug-likeness (QED) is 0.768. The fraction of sp³-hybridized carbons (Fsp3) is 0.667. The molecule has 0 bridgehead atoms. The van der Waals surface area contributed by atoms with Crippen LogP contribution in [-0.2, 0) is 0 Å². The summed E-state index contributed by atoms with van der Waals surface area (Å²) in [5.74, 6) is 1.09. The Morgan fingerprint density at radius 1 is 1.10 bits per heavy atom. The van der Waals surface area contributed by atoms with Gasteiger partial charge in [0.2, 0.25) is 0 Å². The average Bonchev–Trinajstić information content (AvgIpc) is 2.45. The number of para-hydroxylation sites is 1. The Bertz CT molecular complexity index is 410. The Labute approximate surface area is 123 Å². The lowest BCUT2D eigenvalue weighted by Gasteiger charge is -2.43. The molecule has 0 aliphatic carbocycles. The summed E-state index contributed by atoms with van der Waals surface area (Å²) in [6.45, 7) is 7.82. The molecule has 2 nitrogen and oxygen atoms in total. The van der Waals surface area contributed by atoms with Gasteiger partial charge in [-0.1, -0.05) is 51.8 Å². The minimum atomic E-state index is 0.0310. The van der Waals surface area contributed by atoms with Crippen LogP contribution in [0.5, 0.6) is 5.75 Å². The van der Waals surface area contributed by atoms with Crippen LogP contribution >= 0.6 is 0 Å². The van der Waals surface area contributed by atoms with Gasteiger partial charge >= 0.3 is 0 Å². The van der Waals surface area contributed by atoms with Crippen molar-refractivity contribution in [2.75, 3.05) is 6.54 Å². The predicted octanol–water partition coefficient (Wildman–Crippen LogP) is 4.85. The third kappa shape index (κ3) is 3.35. The van der Waals surface area contributed by atoms with E-state index in [1.165, 1.54) is 24.8 Å². The third-order valence-electron chi connectivity index (χ3n) is 4.25. The molecule has 1 aromatic rings. The Hall–Kier alpha value is -1.02. The topological polar surface area (TPSA) is 21.3 Å². The number of nitrogens with one attached hydrogen (secondary N) is 1. The zero-order chi connectivity index (χ0) is 14.4. The molecule has 1 aliphatic heterocycles. The predicted molar refractivity (Wildman–Crippen MR) is 85.3 cm³/mol. The Morgan fingerprint density at radius 3 is 2.45 bits per heavy atom. The van der Waals surface area contributed by atoms with Crippen molar-refractivity contribution in [3.8, 4) is 5.75 Å². The second-order valence-electron chi connectivity index (χ2n) is 6.03. The highest BCUT2D eigenvalue weighted by molar-refractivity contribution is 5.39. The van der Waals surface area contributed by atoms with Gasteiger partial charge in [0, 0.05) is 18.0 Å². The molecule has 2 heteroatoms. The standard InChI is InChI=1S/C18H29NO/c1-4-11-18(12-5-2)14-16(19-13-6-3)15-9-7-8-10-17(15)20-18/h7-10,16,19H,4-6,11-14H2,1-3H3. The third-order valence-corrected chi connectivity index (χ3v) is 4.25. The second kappa shape index (κ2) is 7.12. The van der Waals surface area contributed by atoms with Crippen LogP contribution in [0.15, 0.2) is 24.3 Å². The summed E-state index contributed by atoms with van der Waals surface area (Å²) in [5, 5.41) is 3.72. The molecule has 1 unspecified atom stereocenters. The lowest BCUT2D eigenvalue weighted by Crippen LogP contribution is -2.44. The van der Waals surface area contributed by atoms with Crippen molar-refractivity contribution in [1.29, 1.82) is 0 Å². The maximum atomic E-state index is 6.47. The SMILES string of the molecule is CCCNC1CC(CCC)(CCC)Oc2ccccc21. The largest absolute Gasteiger partial charge is 0.487 e. The molecule has 0 fully saturated rings. The molecule has 1 atom stereocenters. The number of rotatable bonds is 7. The molecule has 0 spiro atoms. The average molecular weight is 275 g/mol. The summed E-state index contributed by atoms with van der Waals surface area (Å²) in [7, 11) is 0.